The van der Waals surface area contributed by atoms with E-state index >= 15 is 0 Å². The number of hydrogen-bond acceptors (Lipinski definition) is 5. The summed E-state index contributed by atoms with van der Waals surface area (Å²) < 4.78 is 4.79. The summed E-state index contributed by atoms with van der Waals surface area (Å²) in [5, 5.41) is 7.44. The van der Waals surface area contributed by atoms with Crippen LogP contribution in [0.3, 0.4) is 0 Å². The normalized spacial score (nSPS) is 10.4. The van der Waals surface area contributed by atoms with Gasteiger partial charge in [-0.1, -0.05) is 0 Å². The van der Waals surface area contributed by atoms with E-state index < -0.39 is 5.97 Å². The molecule has 112 valence electrons. The second kappa shape index (κ2) is 6.87. The number of carbonyl (C=O) groups excluding carboxylic acids is 2. The van der Waals surface area contributed by atoms with Crippen LogP contribution in [0.5, 0.6) is 0 Å². The molecular weight excluding hydrogens is 306 g/mol. The van der Waals surface area contributed by atoms with Crippen molar-refractivity contribution in [2.24, 2.45) is 0 Å². The number of nitrogens with one attached hydrogen (secondary N) is 1. The third kappa shape index (κ3) is 3.71. The molecule has 0 aromatic carbocycles. The van der Waals surface area contributed by atoms with Crippen LogP contribution in [0.4, 0.5) is 5.00 Å². The maximum absolute atomic E-state index is 12.0. The average Bonchev–Trinajstić information content (AvgIpc) is 3.06. The molecule has 0 aliphatic heterocycles. The monoisotopic (exact) mass is 323 g/mol. The Morgan fingerprint density at radius 2 is 2.10 bits per heavy atom. The maximum atomic E-state index is 12.0. The predicted molar refractivity (Wildman–Crippen MR) is 86.4 cm³/mol. The van der Waals surface area contributed by atoms with Crippen molar-refractivity contribution in [2.75, 3.05) is 12.4 Å². The lowest BCUT2D eigenvalue weighted by atomic mass is 10.1. The molecule has 2 heterocycles. The van der Waals surface area contributed by atoms with E-state index in [0.29, 0.717) is 23.4 Å². The number of ether oxygens (including phenoxy) is 1. The number of amides is 1. The van der Waals surface area contributed by atoms with Gasteiger partial charge in [-0.05, 0) is 48.2 Å². The fourth-order valence-corrected chi connectivity index (χ4v) is 3.71. The summed E-state index contributed by atoms with van der Waals surface area (Å²) in [6.07, 6.45) is 1.10. The number of aryl methyl sites for hydroxylation is 2. The number of carbonyl (C=O) groups is 2. The second-order valence-electron chi connectivity index (χ2n) is 4.66. The quantitative estimate of drug-likeness (QED) is 0.852. The standard InChI is InChI=1S/C15H17NO3S2/c1-9-10(2)21-14(13(9)15(18)19-3)16-12(17)5-4-11-6-7-20-8-11/h6-8H,4-5H2,1-3H3,(H,16,17). The van der Waals surface area contributed by atoms with Crippen LogP contribution in [0.15, 0.2) is 16.8 Å². The first-order valence-electron chi connectivity index (χ1n) is 6.52. The van der Waals surface area contributed by atoms with Gasteiger partial charge in [-0.2, -0.15) is 11.3 Å². The summed E-state index contributed by atoms with van der Waals surface area (Å²) in [7, 11) is 1.34. The molecule has 0 aliphatic carbocycles. The van der Waals surface area contributed by atoms with Gasteiger partial charge in [-0.3, -0.25) is 4.79 Å². The molecule has 0 saturated carbocycles. The highest BCUT2D eigenvalue weighted by molar-refractivity contribution is 7.16. The molecule has 0 atom stereocenters. The lowest BCUT2D eigenvalue weighted by Crippen LogP contribution is -2.14. The van der Waals surface area contributed by atoms with Crippen LogP contribution in [-0.2, 0) is 16.0 Å². The largest absolute Gasteiger partial charge is 0.465 e. The molecule has 2 aromatic heterocycles. The van der Waals surface area contributed by atoms with Crippen molar-refractivity contribution < 1.29 is 14.3 Å². The minimum atomic E-state index is -0.412. The average molecular weight is 323 g/mol. The molecule has 0 saturated heterocycles. The van der Waals surface area contributed by atoms with E-state index in [4.69, 9.17) is 4.74 Å². The highest BCUT2D eigenvalue weighted by atomic mass is 32.1. The highest BCUT2D eigenvalue weighted by Gasteiger charge is 2.21. The van der Waals surface area contributed by atoms with E-state index in [2.05, 4.69) is 5.32 Å². The van der Waals surface area contributed by atoms with Crippen LogP contribution in [0.2, 0.25) is 0 Å². The van der Waals surface area contributed by atoms with Crippen molar-refractivity contribution in [3.8, 4) is 0 Å². The molecule has 0 spiro atoms. The van der Waals surface area contributed by atoms with Crippen molar-refractivity contribution in [2.45, 2.75) is 26.7 Å². The zero-order chi connectivity index (χ0) is 15.4. The lowest BCUT2D eigenvalue weighted by Gasteiger charge is -2.05. The van der Waals surface area contributed by atoms with Crippen LogP contribution in [0, 0.1) is 13.8 Å². The summed E-state index contributed by atoms with van der Waals surface area (Å²) in [5.74, 6) is -0.502. The molecule has 0 unspecified atom stereocenters. The Labute approximate surface area is 131 Å². The van der Waals surface area contributed by atoms with Crippen LogP contribution in [0.1, 0.15) is 32.8 Å². The lowest BCUT2D eigenvalue weighted by molar-refractivity contribution is -0.116. The molecule has 21 heavy (non-hydrogen) atoms. The number of thiophene rings is 2. The first-order valence-corrected chi connectivity index (χ1v) is 8.28. The molecule has 6 heteroatoms. The first-order chi connectivity index (χ1) is 10.0. The Bertz CT molecular complexity index is 644. The minimum absolute atomic E-state index is 0.0902. The summed E-state index contributed by atoms with van der Waals surface area (Å²) in [6, 6.07) is 2.01. The minimum Gasteiger partial charge on any atom is -0.465 e. The Hall–Kier alpha value is -1.66. The van der Waals surface area contributed by atoms with Gasteiger partial charge < -0.3 is 10.1 Å². The van der Waals surface area contributed by atoms with E-state index in [1.165, 1.54) is 18.4 Å². The van der Waals surface area contributed by atoms with Crippen molar-refractivity contribution in [1.82, 2.24) is 0 Å². The number of methoxy groups -OCH3 is 1. The zero-order valence-corrected chi connectivity index (χ0v) is 13.8. The number of rotatable bonds is 5. The first kappa shape index (κ1) is 15.7. The van der Waals surface area contributed by atoms with Gasteiger partial charge >= 0.3 is 5.97 Å². The SMILES string of the molecule is COC(=O)c1c(NC(=O)CCc2ccsc2)sc(C)c1C. The Balaban J connectivity index is 2.06. The molecule has 2 aromatic rings. The molecule has 0 fully saturated rings. The van der Waals surface area contributed by atoms with Crippen molar-refractivity contribution in [3.63, 3.8) is 0 Å². The fraction of sp³-hybridized carbons (Fsp3) is 0.333. The van der Waals surface area contributed by atoms with E-state index in [0.717, 1.165) is 16.0 Å². The van der Waals surface area contributed by atoms with Gasteiger partial charge in [-0.25, -0.2) is 4.79 Å². The Kier molecular flexibility index (Phi) is 5.14. The molecule has 0 radical (unpaired) electrons. The second-order valence-corrected chi connectivity index (χ2v) is 6.66. The molecule has 0 bridgehead atoms. The van der Waals surface area contributed by atoms with E-state index in [1.54, 1.807) is 11.3 Å². The van der Waals surface area contributed by atoms with Crippen LogP contribution >= 0.6 is 22.7 Å². The van der Waals surface area contributed by atoms with E-state index in [1.807, 2.05) is 30.7 Å². The van der Waals surface area contributed by atoms with Crippen LogP contribution in [0.25, 0.3) is 0 Å². The van der Waals surface area contributed by atoms with Gasteiger partial charge in [0.2, 0.25) is 5.91 Å². The third-order valence-corrected chi connectivity index (χ3v) is 5.10. The van der Waals surface area contributed by atoms with Crippen molar-refractivity contribution in [1.29, 1.82) is 0 Å². The molecule has 1 N–H and O–H groups in total. The number of hydrogen-bond donors (Lipinski definition) is 1. The van der Waals surface area contributed by atoms with Crippen molar-refractivity contribution >= 4 is 39.6 Å². The van der Waals surface area contributed by atoms with Crippen molar-refractivity contribution in [3.05, 3.63) is 38.4 Å². The Morgan fingerprint density at radius 3 is 2.71 bits per heavy atom. The topological polar surface area (TPSA) is 55.4 Å². The summed E-state index contributed by atoms with van der Waals surface area (Å²) in [5.41, 5.74) is 2.48. The molecule has 1 amide bonds. The third-order valence-electron chi connectivity index (χ3n) is 3.25. The fourth-order valence-electron chi connectivity index (χ4n) is 1.94. The molecule has 2 rings (SSSR count). The smallest absolute Gasteiger partial charge is 0.341 e. The van der Waals surface area contributed by atoms with Crippen LogP contribution < -0.4 is 5.32 Å². The summed E-state index contributed by atoms with van der Waals surface area (Å²) in [4.78, 5) is 24.9. The number of esters is 1. The highest BCUT2D eigenvalue weighted by Crippen LogP contribution is 2.33. The zero-order valence-electron chi connectivity index (χ0n) is 12.2. The molecule has 0 aliphatic rings. The summed E-state index contributed by atoms with van der Waals surface area (Å²) in [6.45, 7) is 3.78. The van der Waals surface area contributed by atoms with E-state index in [-0.39, 0.29) is 5.91 Å². The van der Waals surface area contributed by atoms with E-state index in [9.17, 15) is 9.59 Å². The maximum Gasteiger partial charge on any atom is 0.341 e. The van der Waals surface area contributed by atoms with Gasteiger partial charge in [0.25, 0.3) is 0 Å². The van der Waals surface area contributed by atoms with Gasteiger partial charge in [0.05, 0.1) is 12.7 Å². The molecular formula is C15H17NO3S2. The van der Waals surface area contributed by atoms with Gasteiger partial charge in [0.15, 0.2) is 0 Å². The predicted octanol–water partition coefficient (Wildman–Crippen LogP) is 3.78. The van der Waals surface area contributed by atoms with Crippen LogP contribution in [-0.4, -0.2) is 19.0 Å². The number of anilines is 1. The van der Waals surface area contributed by atoms with Gasteiger partial charge in [-0.15, -0.1) is 11.3 Å². The van der Waals surface area contributed by atoms with Gasteiger partial charge in [0.1, 0.15) is 5.00 Å². The Morgan fingerprint density at radius 1 is 1.33 bits per heavy atom. The molecule has 4 nitrogen and oxygen atoms in total. The summed E-state index contributed by atoms with van der Waals surface area (Å²) >= 11 is 3.02. The van der Waals surface area contributed by atoms with Gasteiger partial charge in [0, 0.05) is 11.3 Å².